The minimum absolute atomic E-state index is 0.213. The lowest BCUT2D eigenvalue weighted by atomic mass is 9.90. The molecular weight excluding hydrogens is 358 g/mol. The Hall–Kier alpha value is -2.32. The monoisotopic (exact) mass is 385 g/mol. The fourth-order valence-electron chi connectivity index (χ4n) is 3.93. The lowest BCUT2D eigenvalue weighted by Gasteiger charge is -2.34. The Balaban J connectivity index is 1.42. The van der Waals surface area contributed by atoms with Crippen LogP contribution in [-0.2, 0) is 9.53 Å². The van der Waals surface area contributed by atoms with E-state index in [0.717, 1.165) is 61.8 Å². The molecule has 1 amide bonds. The number of nitrogens with zero attached hydrogens (tertiary/aromatic N) is 5. The molecule has 0 saturated carbocycles. The summed E-state index contributed by atoms with van der Waals surface area (Å²) in [5, 5.41) is 4.00. The predicted molar refractivity (Wildman–Crippen MR) is 103 cm³/mol. The van der Waals surface area contributed by atoms with Gasteiger partial charge in [0.1, 0.15) is 5.82 Å². The Labute approximate surface area is 164 Å². The number of amides is 1. The molecule has 2 aromatic rings. The molecule has 0 atom stereocenters. The maximum Gasteiger partial charge on any atom is 0.236 e. The molecule has 150 valence electrons. The van der Waals surface area contributed by atoms with Crippen molar-refractivity contribution in [1.29, 1.82) is 0 Å². The minimum atomic E-state index is 0.213. The van der Waals surface area contributed by atoms with Crippen molar-refractivity contribution in [3.05, 3.63) is 29.5 Å². The van der Waals surface area contributed by atoms with Gasteiger partial charge in [-0.05, 0) is 26.7 Å². The molecule has 2 aliphatic heterocycles. The first-order valence-electron chi connectivity index (χ1n) is 9.95. The number of carbonyl (C=O) groups excluding carboxylic acids is 1. The second kappa shape index (κ2) is 8.36. The summed E-state index contributed by atoms with van der Waals surface area (Å²) in [5.41, 5.74) is 2.75. The van der Waals surface area contributed by atoms with E-state index in [1.807, 2.05) is 31.0 Å². The van der Waals surface area contributed by atoms with Gasteiger partial charge in [-0.2, -0.15) is 0 Å². The van der Waals surface area contributed by atoms with Crippen LogP contribution in [0.4, 0.5) is 0 Å². The van der Waals surface area contributed by atoms with Gasteiger partial charge in [-0.15, -0.1) is 0 Å². The molecule has 0 aliphatic carbocycles. The van der Waals surface area contributed by atoms with Crippen LogP contribution in [0.2, 0.25) is 0 Å². The first-order valence-corrected chi connectivity index (χ1v) is 9.95. The zero-order chi connectivity index (χ0) is 19.5. The van der Waals surface area contributed by atoms with Crippen molar-refractivity contribution in [3.63, 3.8) is 0 Å². The average Bonchev–Trinajstić information content (AvgIpc) is 3.15. The lowest BCUT2D eigenvalue weighted by molar-refractivity contribution is -0.134. The maximum atomic E-state index is 12.6. The summed E-state index contributed by atoms with van der Waals surface area (Å²) in [4.78, 5) is 25.9. The van der Waals surface area contributed by atoms with Crippen LogP contribution in [0.3, 0.4) is 0 Å². The number of rotatable bonds is 4. The number of piperidine rings is 1. The van der Waals surface area contributed by atoms with Gasteiger partial charge in [0.15, 0.2) is 5.76 Å². The summed E-state index contributed by atoms with van der Waals surface area (Å²) in [5.74, 6) is 1.96. The van der Waals surface area contributed by atoms with E-state index in [2.05, 4.69) is 15.0 Å². The number of morpholine rings is 1. The quantitative estimate of drug-likeness (QED) is 0.793. The number of hydrogen-bond acceptors (Lipinski definition) is 7. The zero-order valence-corrected chi connectivity index (χ0v) is 16.6. The summed E-state index contributed by atoms with van der Waals surface area (Å²) in [6.07, 6.45) is 3.62. The highest BCUT2D eigenvalue weighted by molar-refractivity contribution is 5.78. The van der Waals surface area contributed by atoms with Crippen molar-refractivity contribution >= 4 is 5.91 Å². The van der Waals surface area contributed by atoms with E-state index >= 15 is 0 Å². The van der Waals surface area contributed by atoms with Gasteiger partial charge in [-0.3, -0.25) is 9.69 Å². The maximum absolute atomic E-state index is 12.6. The molecule has 0 radical (unpaired) electrons. The second-order valence-electron chi connectivity index (χ2n) is 7.59. The van der Waals surface area contributed by atoms with Gasteiger partial charge in [0.25, 0.3) is 0 Å². The molecule has 2 aromatic heterocycles. The topological polar surface area (TPSA) is 84.6 Å². The molecule has 0 aromatic carbocycles. The highest BCUT2D eigenvalue weighted by atomic mass is 16.5. The van der Waals surface area contributed by atoms with Gasteiger partial charge in [-0.25, -0.2) is 9.97 Å². The molecule has 4 rings (SSSR count). The van der Waals surface area contributed by atoms with Gasteiger partial charge in [-0.1, -0.05) is 5.16 Å². The molecule has 8 nitrogen and oxygen atoms in total. The largest absolute Gasteiger partial charge is 0.379 e. The molecule has 0 spiro atoms. The van der Waals surface area contributed by atoms with Crippen LogP contribution in [0.1, 0.15) is 36.0 Å². The smallest absolute Gasteiger partial charge is 0.236 e. The third-order valence-corrected chi connectivity index (χ3v) is 5.53. The summed E-state index contributed by atoms with van der Waals surface area (Å²) < 4.78 is 10.8. The number of aryl methyl sites for hydroxylation is 2. The number of likely N-dealkylation sites (tertiary alicyclic amines) is 1. The van der Waals surface area contributed by atoms with Crippen molar-refractivity contribution in [2.24, 2.45) is 0 Å². The third-order valence-electron chi connectivity index (χ3n) is 5.53. The fraction of sp³-hybridized carbons (Fsp3) is 0.600. The van der Waals surface area contributed by atoms with E-state index in [-0.39, 0.29) is 11.8 Å². The molecule has 0 bridgehead atoms. The van der Waals surface area contributed by atoms with Crippen LogP contribution in [0.5, 0.6) is 0 Å². The highest BCUT2D eigenvalue weighted by Gasteiger charge is 2.28. The Morgan fingerprint density at radius 2 is 1.93 bits per heavy atom. The van der Waals surface area contributed by atoms with Gasteiger partial charge < -0.3 is 14.2 Å². The standard InChI is InChI=1S/C20H27N5O3/c1-14-11-18(28-23-14)17-12-21-15(2)22-20(17)16-3-5-25(6-4-16)19(26)13-24-7-9-27-10-8-24/h11-12,16H,3-10,13H2,1-2H3. The first kappa shape index (κ1) is 19.0. The van der Waals surface area contributed by atoms with E-state index in [0.29, 0.717) is 25.5 Å². The van der Waals surface area contributed by atoms with Crippen molar-refractivity contribution < 1.29 is 14.1 Å². The van der Waals surface area contributed by atoms with Gasteiger partial charge in [0.2, 0.25) is 5.91 Å². The Bertz CT molecular complexity index is 823. The Morgan fingerprint density at radius 3 is 2.61 bits per heavy atom. The van der Waals surface area contributed by atoms with E-state index in [1.165, 1.54) is 0 Å². The lowest BCUT2D eigenvalue weighted by Crippen LogP contribution is -2.46. The second-order valence-corrected chi connectivity index (χ2v) is 7.59. The minimum Gasteiger partial charge on any atom is -0.379 e. The van der Waals surface area contributed by atoms with Gasteiger partial charge >= 0.3 is 0 Å². The van der Waals surface area contributed by atoms with Crippen molar-refractivity contribution in [2.75, 3.05) is 45.9 Å². The van der Waals surface area contributed by atoms with Crippen LogP contribution in [0.15, 0.2) is 16.8 Å². The Morgan fingerprint density at radius 1 is 1.18 bits per heavy atom. The number of hydrogen-bond donors (Lipinski definition) is 0. The molecule has 0 unspecified atom stereocenters. The van der Waals surface area contributed by atoms with E-state index in [1.54, 1.807) is 0 Å². The van der Waals surface area contributed by atoms with Crippen molar-refractivity contribution in [1.82, 2.24) is 24.9 Å². The van der Waals surface area contributed by atoms with E-state index in [9.17, 15) is 4.79 Å². The molecule has 2 saturated heterocycles. The van der Waals surface area contributed by atoms with Crippen LogP contribution < -0.4 is 0 Å². The van der Waals surface area contributed by atoms with Crippen LogP contribution >= 0.6 is 0 Å². The fourth-order valence-corrected chi connectivity index (χ4v) is 3.93. The first-order chi connectivity index (χ1) is 13.6. The number of carbonyl (C=O) groups is 1. The number of ether oxygens (including phenoxy) is 1. The molecule has 4 heterocycles. The molecule has 0 N–H and O–H groups in total. The normalized spacial score (nSPS) is 19.1. The number of aromatic nitrogens is 3. The van der Waals surface area contributed by atoms with Crippen LogP contribution in [-0.4, -0.2) is 76.8 Å². The molecule has 2 fully saturated rings. The van der Waals surface area contributed by atoms with Crippen LogP contribution in [0.25, 0.3) is 11.3 Å². The summed E-state index contributed by atoms with van der Waals surface area (Å²) in [7, 11) is 0. The molecular formula is C20H27N5O3. The Kier molecular flexibility index (Phi) is 5.68. The average molecular weight is 385 g/mol. The molecule has 2 aliphatic rings. The summed E-state index contributed by atoms with van der Waals surface area (Å²) in [6.45, 7) is 8.91. The molecule has 8 heteroatoms. The zero-order valence-electron chi connectivity index (χ0n) is 16.6. The highest BCUT2D eigenvalue weighted by Crippen LogP contribution is 2.34. The van der Waals surface area contributed by atoms with Crippen molar-refractivity contribution in [2.45, 2.75) is 32.6 Å². The summed E-state index contributed by atoms with van der Waals surface area (Å²) in [6, 6.07) is 1.92. The van der Waals surface area contributed by atoms with Gasteiger partial charge in [0, 0.05) is 44.4 Å². The predicted octanol–water partition coefficient (Wildman–Crippen LogP) is 1.79. The summed E-state index contributed by atoms with van der Waals surface area (Å²) >= 11 is 0. The van der Waals surface area contributed by atoms with Gasteiger partial charge in [0.05, 0.1) is 36.7 Å². The van der Waals surface area contributed by atoms with Crippen LogP contribution in [0, 0.1) is 13.8 Å². The van der Waals surface area contributed by atoms with E-state index in [4.69, 9.17) is 14.2 Å². The van der Waals surface area contributed by atoms with Crippen molar-refractivity contribution in [3.8, 4) is 11.3 Å². The molecule has 28 heavy (non-hydrogen) atoms. The van der Waals surface area contributed by atoms with E-state index < -0.39 is 0 Å². The SMILES string of the molecule is Cc1cc(-c2cnc(C)nc2C2CCN(C(=O)CN3CCOCC3)CC2)on1. The third kappa shape index (κ3) is 4.23.